The number of thioether (sulfide) groups is 1. The molecule has 0 fully saturated rings. The molecule has 1 amide bonds. The van der Waals surface area contributed by atoms with Gasteiger partial charge < -0.3 is 16.2 Å². The quantitative estimate of drug-likeness (QED) is 0.721. The molecule has 4 nitrogen and oxygen atoms in total. The zero-order valence-corrected chi connectivity index (χ0v) is 9.75. The summed E-state index contributed by atoms with van der Waals surface area (Å²) in [6.45, 7) is 1.65. The van der Waals surface area contributed by atoms with Gasteiger partial charge in [-0.05, 0) is 24.6 Å². The topological polar surface area (TPSA) is 75.3 Å². The summed E-state index contributed by atoms with van der Waals surface area (Å²) in [5, 5.41) is 12.2. The van der Waals surface area contributed by atoms with E-state index in [0.29, 0.717) is 5.75 Å². The summed E-state index contributed by atoms with van der Waals surface area (Å²) in [4.78, 5) is 12.3. The molecule has 5 heteroatoms. The van der Waals surface area contributed by atoms with Gasteiger partial charge in [0.25, 0.3) is 0 Å². The predicted octanol–water partition coefficient (Wildman–Crippen LogP) is 1.11. The molecule has 0 aliphatic carbocycles. The largest absolute Gasteiger partial charge is 0.391 e. The second-order valence-corrected chi connectivity index (χ2v) is 4.88. The minimum Gasteiger partial charge on any atom is -0.391 e. The molecule has 0 saturated heterocycles. The van der Waals surface area contributed by atoms with Crippen molar-refractivity contribution in [3.63, 3.8) is 0 Å². The third-order valence-electron chi connectivity index (χ3n) is 2.54. The highest BCUT2D eigenvalue weighted by atomic mass is 32.2. The first-order chi connectivity index (χ1) is 7.58. The molecular weight excluding hydrogens is 224 g/mol. The summed E-state index contributed by atoms with van der Waals surface area (Å²) in [6.07, 6.45) is -0.606. The highest BCUT2D eigenvalue weighted by Gasteiger charge is 2.18. The minimum absolute atomic E-state index is 0.000248. The Morgan fingerprint density at radius 3 is 3.00 bits per heavy atom. The Bertz CT molecular complexity index is 420. The van der Waals surface area contributed by atoms with E-state index in [0.717, 1.165) is 16.1 Å². The lowest BCUT2D eigenvalue weighted by Crippen LogP contribution is -2.24. The van der Waals surface area contributed by atoms with Crippen LogP contribution in [0.4, 0.5) is 5.69 Å². The van der Waals surface area contributed by atoms with Crippen LogP contribution in [-0.4, -0.2) is 22.9 Å². The van der Waals surface area contributed by atoms with Crippen molar-refractivity contribution in [2.24, 2.45) is 5.73 Å². The fourth-order valence-electron chi connectivity index (χ4n) is 1.59. The van der Waals surface area contributed by atoms with Gasteiger partial charge in [-0.25, -0.2) is 0 Å². The van der Waals surface area contributed by atoms with E-state index in [9.17, 15) is 9.90 Å². The van der Waals surface area contributed by atoms with Gasteiger partial charge in [0.15, 0.2) is 0 Å². The molecule has 0 aromatic heterocycles. The Morgan fingerprint density at radius 2 is 2.31 bits per heavy atom. The van der Waals surface area contributed by atoms with E-state index in [1.54, 1.807) is 6.92 Å². The van der Waals surface area contributed by atoms with Crippen molar-refractivity contribution in [3.05, 3.63) is 23.8 Å². The van der Waals surface area contributed by atoms with Gasteiger partial charge in [0, 0.05) is 4.90 Å². The zero-order valence-electron chi connectivity index (χ0n) is 8.93. The highest BCUT2D eigenvalue weighted by molar-refractivity contribution is 8.00. The van der Waals surface area contributed by atoms with Crippen LogP contribution in [-0.2, 0) is 4.79 Å². The van der Waals surface area contributed by atoms with Crippen molar-refractivity contribution in [3.8, 4) is 0 Å². The summed E-state index contributed by atoms with van der Waals surface area (Å²) in [6, 6.07) is 5.23. The number of nitrogens with two attached hydrogens (primary N) is 1. The molecule has 1 heterocycles. The lowest BCUT2D eigenvalue weighted by atomic mass is 10.0. The molecule has 0 saturated carbocycles. The standard InChI is InChI=1S/C11H14N2O2S/c1-6(14)11(12)7-2-3-9-8(4-7)13-10(15)5-16-9/h2-4,6,11,14H,5,12H2,1H3,(H,13,15). The van der Waals surface area contributed by atoms with E-state index < -0.39 is 12.1 Å². The molecule has 2 unspecified atom stereocenters. The maximum atomic E-state index is 11.2. The fraction of sp³-hybridized carbons (Fsp3) is 0.364. The molecule has 86 valence electrons. The highest BCUT2D eigenvalue weighted by Crippen LogP contribution is 2.33. The molecule has 0 radical (unpaired) electrons. The molecule has 0 bridgehead atoms. The van der Waals surface area contributed by atoms with Crippen LogP contribution in [0.25, 0.3) is 0 Å². The molecular formula is C11H14N2O2S. The minimum atomic E-state index is -0.606. The molecule has 4 N–H and O–H groups in total. The van der Waals surface area contributed by atoms with E-state index in [2.05, 4.69) is 5.32 Å². The van der Waals surface area contributed by atoms with E-state index in [-0.39, 0.29) is 5.91 Å². The van der Waals surface area contributed by atoms with Crippen LogP contribution in [0.2, 0.25) is 0 Å². The number of aliphatic hydroxyl groups excluding tert-OH is 1. The van der Waals surface area contributed by atoms with E-state index in [1.807, 2.05) is 18.2 Å². The van der Waals surface area contributed by atoms with Crippen molar-refractivity contribution in [2.45, 2.75) is 24.0 Å². The average molecular weight is 238 g/mol. The number of hydrogen-bond donors (Lipinski definition) is 3. The number of carbonyl (C=O) groups excluding carboxylic acids is 1. The zero-order chi connectivity index (χ0) is 11.7. The van der Waals surface area contributed by atoms with E-state index >= 15 is 0 Å². The number of hydrogen-bond acceptors (Lipinski definition) is 4. The van der Waals surface area contributed by atoms with Crippen molar-refractivity contribution in [1.82, 2.24) is 0 Å². The summed E-state index contributed by atoms with van der Waals surface area (Å²) >= 11 is 1.51. The first kappa shape index (κ1) is 11.4. The van der Waals surface area contributed by atoms with Gasteiger partial charge >= 0.3 is 0 Å². The van der Waals surface area contributed by atoms with E-state index in [4.69, 9.17) is 5.73 Å². The summed E-state index contributed by atoms with van der Waals surface area (Å²) in [7, 11) is 0. The Labute approximate surface area is 98.2 Å². The van der Waals surface area contributed by atoms with Gasteiger partial charge in [0.05, 0.1) is 23.6 Å². The first-order valence-corrected chi connectivity index (χ1v) is 6.07. The van der Waals surface area contributed by atoms with Crippen LogP contribution in [0.15, 0.2) is 23.1 Å². The number of aliphatic hydroxyl groups is 1. The van der Waals surface area contributed by atoms with Crippen LogP contribution in [0.3, 0.4) is 0 Å². The van der Waals surface area contributed by atoms with Crippen molar-refractivity contribution in [1.29, 1.82) is 0 Å². The number of benzene rings is 1. The molecule has 1 aliphatic heterocycles. The summed E-state index contributed by atoms with van der Waals surface area (Å²) in [5.41, 5.74) is 7.45. The van der Waals surface area contributed by atoms with Gasteiger partial charge in [-0.15, -0.1) is 11.8 Å². The van der Waals surface area contributed by atoms with Crippen LogP contribution >= 0.6 is 11.8 Å². The molecule has 2 atom stereocenters. The average Bonchev–Trinajstić information content (AvgIpc) is 2.26. The molecule has 0 spiro atoms. The SMILES string of the molecule is CC(O)C(N)c1ccc2c(c1)NC(=O)CS2. The molecule has 1 aromatic rings. The van der Waals surface area contributed by atoms with Crippen molar-refractivity contribution >= 4 is 23.4 Å². The van der Waals surface area contributed by atoms with Gasteiger partial charge in [-0.1, -0.05) is 6.07 Å². The van der Waals surface area contributed by atoms with Gasteiger partial charge in [-0.3, -0.25) is 4.79 Å². The number of anilines is 1. The maximum absolute atomic E-state index is 11.2. The maximum Gasteiger partial charge on any atom is 0.234 e. The van der Waals surface area contributed by atoms with Gasteiger partial charge in [0.2, 0.25) is 5.91 Å². The first-order valence-electron chi connectivity index (χ1n) is 5.08. The van der Waals surface area contributed by atoms with Crippen LogP contribution in [0, 0.1) is 0 Å². The Balaban J connectivity index is 2.31. The second kappa shape index (κ2) is 4.45. The lowest BCUT2D eigenvalue weighted by molar-refractivity contribution is -0.113. The molecule has 16 heavy (non-hydrogen) atoms. The number of carbonyl (C=O) groups is 1. The monoisotopic (exact) mass is 238 g/mol. The number of rotatable bonds is 2. The van der Waals surface area contributed by atoms with Gasteiger partial charge in [0.1, 0.15) is 0 Å². The van der Waals surface area contributed by atoms with Crippen LogP contribution in [0.1, 0.15) is 18.5 Å². The van der Waals surface area contributed by atoms with Crippen molar-refractivity contribution in [2.75, 3.05) is 11.1 Å². The van der Waals surface area contributed by atoms with E-state index in [1.165, 1.54) is 11.8 Å². The third-order valence-corrected chi connectivity index (χ3v) is 3.61. The second-order valence-electron chi connectivity index (χ2n) is 3.86. The van der Waals surface area contributed by atoms with Crippen LogP contribution in [0.5, 0.6) is 0 Å². The Kier molecular flexibility index (Phi) is 3.18. The smallest absolute Gasteiger partial charge is 0.234 e. The number of fused-ring (bicyclic) bond motifs is 1. The molecule has 1 aliphatic rings. The van der Waals surface area contributed by atoms with Gasteiger partial charge in [-0.2, -0.15) is 0 Å². The normalized spacial score (nSPS) is 18.6. The summed E-state index contributed by atoms with van der Waals surface area (Å²) < 4.78 is 0. The predicted molar refractivity (Wildman–Crippen MR) is 64.4 cm³/mol. The van der Waals surface area contributed by atoms with Crippen LogP contribution < -0.4 is 11.1 Å². The molecule has 1 aromatic carbocycles. The Morgan fingerprint density at radius 1 is 1.56 bits per heavy atom. The van der Waals surface area contributed by atoms with Crippen molar-refractivity contribution < 1.29 is 9.90 Å². The molecule has 2 rings (SSSR count). The number of nitrogens with one attached hydrogen (secondary N) is 1. The third kappa shape index (κ3) is 2.21. The summed E-state index contributed by atoms with van der Waals surface area (Å²) in [5.74, 6) is 0.453. The lowest BCUT2D eigenvalue weighted by Gasteiger charge is -2.20. The number of amides is 1. The Hall–Kier alpha value is -1.04. The fourth-order valence-corrected chi connectivity index (χ4v) is 2.38.